The fourth-order valence-corrected chi connectivity index (χ4v) is 14.7. The predicted molar refractivity (Wildman–Crippen MR) is 353 cm³/mol. The number of nitrogens with one attached hydrogen (secondary N) is 2. The number of amides is 4. The van der Waals surface area contributed by atoms with E-state index in [1.54, 1.807) is 34.3 Å². The second kappa shape index (κ2) is 29.8. The Morgan fingerprint density at radius 1 is 0.618 bits per heavy atom. The summed E-state index contributed by atoms with van der Waals surface area (Å²) in [6.45, 7) is 16.1. The van der Waals surface area contributed by atoms with Gasteiger partial charge in [-0.05, 0) is 130 Å². The van der Waals surface area contributed by atoms with E-state index in [0.29, 0.717) is 53.8 Å². The van der Waals surface area contributed by atoms with Gasteiger partial charge >= 0.3 is 11.9 Å². The first-order chi connectivity index (χ1) is 42.5. The summed E-state index contributed by atoms with van der Waals surface area (Å²) in [6, 6.07) is 21.4. The summed E-state index contributed by atoms with van der Waals surface area (Å²) in [4.78, 5) is 102. The second-order valence-corrected chi connectivity index (χ2v) is 29.5. The maximum atomic E-state index is 13.7. The SMILES string of the molecule is CCCC1CCC(C2CC=C(c3cnc(-c4ccc(C[C@H](NC(=O)c5ccc(C(C)(C)C)s5)C(=O)N5CC[C@H](C(=O)O)C5)cc4)nc3)CC2)CC1.COC(=O)[C@H]1CCN(C(=O)[C@H](Cc2ccc(-c3ncc(Br)cn3)cc2)NC(=O)c2ccc(C(C)(C)C)s2)C1. The standard InChI is InChI=1S/C42H54N4O4S.C28H31BrN4O4S/c1-5-6-27-7-11-29(12-8-27)30-15-17-31(18-16-30)34-24-43-38(44-25-34)32-13-9-28(10-14-32)23-35(40(48)46-22-21-33(26-46)41(49)50)45-39(47)36-19-20-37(51-36)42(2,3)4;1-28(2,3)23-10-9-22(38-23)25(34)32-21(26(35)33-12-11-19(16-33)27(36)37-4)13-17-5-7-18(8-6-17)24-30-14-20(29)15-31-24/h9-10,13-14,17,19-20,24-25,27,29-30,33,35H,5-8,11-12,15-16,18,21-23,26H2,1-4H3,(H,45,47)(H,49,50);5-10,14-15,19,21H,11-13,16H2,1-4H3,(H,32,34)/t27?,29?,30?,33-,35-;19-,21-/m00/s1. The molecule has 0 radical (unpaired) electrons. The van der Waals surface area contributed by atoms with E-state index in [0.717, 1.165) is 72.6 Å². The highest BCUT2D eigenvalue weighted by molar-refractivity contribution is 9.10. The van der Waals surface area contributed by atoms with Crippen LogP contribution in [0.5, 0.6) is 0 Å². The van der Waals surface area contributed by atoms with Crippen LogP contribution in [0.1, 0.15) is 165 Å². The van der Waals surface area contributed by atoms with Crippen LogP contribution < -0.4 is 10.6 Å². The average molecular weight is 1310 g/mol. The van der Waals surface area contributed by atoms with Crippen LogP contribution in [0.25, 0.3) is 28.3 Å². The Kier molecular flexibility index (Phi) is 22.2. The number of ether oxygens (including phenoxy) is 1. The summed E-state index contributed by atoms with van der Waals surface area (Å²) >= 11 is 6.20. The molecule has 1 unspecified atom stereocenters. The van der Waals surface area contributed by atoms with Crippen LogP contribution in [0.2, 0.25) is 0 Å². The van der Waals surface area contributed by atoms with Crippen LogP contribution in [0.15, 0.2) is 108 Å². The lowest BCUT2D eigenvalue weighted by molar-refractivity contribution is -0.145. The van der Waals surface area contributed by atoms with Gasteiger partial charge in [0.1, 0.15) is 12.1 Å². The third kappa shape index (κ3) is 17.5. The zero-order valence-electron chi connectivity index (χ0n) is 52.6. The summed E-state index contributed by atoms with van der Waals surface area (Å²) in [5, 5.41) is 15.5. The van der Waals surface area contributed by atoms with Gasteiger partial charge in [0, 0.05) is 90.3 Å². The number of carboxylic acids is 1. The number of benzene rings is 2. The summed E-state index contributed by atoms with van der Waals surface area (Å²) in [5.74, 6) is 0.682. The molecule has 89 heavy (non-hydrogen) atoms. The molecular formula is C70H85BrN8O8S2. The minimum absolute atomic E-state index is 0.0723. The number of hydrogen-bond acceptors (Lipinski definition) is 13. The Bertz CT molecular complexity index is 3460. The molecule has 4 aromatic heterocycles. The van der Waals surface area contributed by atoms with Gasteiger partial charge in [-0.15, -0.1) is 22.7 Å². The van der Waals surface area contributed by atoms with Crippen molar-refractivity contribution < 1.29 is 38.6 Å². The van der Waals surface area contributed by atoms with Crippen molar-refractivity contribution in [2.24, 2.45) is 29.6 Å². The number of hydrogen-bond donors (Lipinski definition) is 3. The maximum absolute atomic E-state index is 13.7. The fourth-order valence-electron chi connectivity index (χ4n) is 12.6. The van der Waals surface area contributed by atoms with Crippen molar-refractivity contribution in [3.05, 3.63) is 144 Å². The van der Waals surface area contributed by atoms with Crippen molar-refractivity contribution in [2.75, 3.05) is 33.3 Å². The van der Waals surface area contributed by atoms with E-state index in [9.17, 15) is 33.9 Å². The lowest BCUT2D eigenvalue weighted by Gasteiger charge is -2.35. The zero-order valence-corrected chi connectivity index (χ0v) is 55.8. The van der Waals surface area contributed by atoms with E-state index in [-0.39, 0.29) is 65.9 Å². The number of rotatable bonds is 18. The Morgan fingerprint density at radius 3 is 1.51 bits per heavy atom. The van der Waals surface area contributed by atoms with Crippen LogP contribution in [-0.4, -0.2) is 116 Å². The van der Waals surface area contributed by atoms with Crippen molar-refractivity contribution in [2.45, 2.75) is 155 Å². The maximum Gasteiger partial charge on any atom is 0.310 e. The Hall–Kier alpha value is -6.96. The number of nitrogens with zero attached hydrogens (tertiary/aromatic N) is 6. The molecule has 1 saturated carbocycles. The number of methoxy groups -OCH3 is 1. The van der Waals surface area contributed by atoms with Crippen molar-refractivity contribution in [1.29, 1.82) is 0 Å². The van der Waals surface area contributed by atoms with E-state index in [1.807, 2.05) is 73.1 Å². The molecule has 2 aliphatic carbocycles. The minimum atomic E-state index is -0.899. The zero-order chi connectivity index (χ0) is 63.6. The molecule has 3 fully saturated rings. The first kappa shape index (κ1) is 66.5. The molecule has 0 spiro atoms. The molecule has 2 aliphatic heterocycles. The second-order valence-electron chi connectivity index (χ2n) is 26.4. The number of likely N-dealkylation sites (tertiary alicyclic amines) is 2. The third-order valence-electron chi connectivity index (χ3n) is 17.9. The lowest BCUT2D eigenvalue weighted by atomic mass is 9.70. The van der Waals surface area contributed by atoms with Crippen LogP contribution in [0.3, 0.4) is 0 Å². The summed E-state index contributed by atoms with van der Waals surface area (Å²) in [5.41, 5.74) is 5.79. The van der Waals surface area contributed by atoms with Crippen molar-refractivity contribution in [1.82, 2.24) is 40.4 Å². The van der Waals surface area contributed by atoms with Crippen molar-refractivity contribution in [3.63, 3.8) is 0 Å². The van der Waals surface area contributed by atoms with Gasteiger partial charge in [-0.2, -0.15) is 0 Å². The molecule has 472 valence electrons. The molecular weight excluding hydrogens is 1220 g/mol. The smallest absolute Gasteiger partial charge is 0.310 e. The molecule has 6 aromatic rings. The normalized spacial score (nSPS) is 20.1. The van der Waals surface area contributed by atoms with Gasteiger partial charge in [-0.25, -0.2) is 19.9 Å². The molecule has 6 heterocycles. The molecule has 2 saturated heterocycles. The number of esters is 1. The number of halogens is 1. The quantitative estimate of drug-likeness (QED) is 0.0686. The van der Waals surface area contributed by atoms with Gasteiger partial charge in [0.25, 0.3) is 11.8 Å². The number of thiophene rings is 2. The first-order valence-electron chi connectivity index (χ1n) is 31.4. The van der Waals surface area contributed by atoms with Crippen molar-refractivity contribution >= 4 is 79.7 Å². The van der Waals surface area contributed by atoms with E-state index in [4.69, 9.17) is 14.7 Å². The summed E-state index contributed by atoms with van der Waals surface area (Å²) in [6.07, 6.45) is 23.1. The molecule has 2 aromatic carbocycles. The number of aliphatic carboxylic acids is 1. The van der Waals surface area contributed by atoms with E-state index in [2.05, 4.69) is 91.1 Å². The summed E-state index contributed by atoms with van der Waals surface area (Å²) < 4.78 is 5.66. The molecule has 0 bridgehead atoms. The molecule has 16 nitrogen and oxygen atoms in total. The van der Waals surface area contributed by atoms with Gasteiger partial charge in [0.2, 0.25) is 11.8 Å². The third-order valence-corrected chi connectivity index (χ3v) is 21.3. The van der Waals surface area contributed by atoms with Gasteiger partial charge in [0.05, 0.1) is 33.2 Å². The Labute approximate surface area is 540 Å². The van der Waals surface area contributed by atoms with Crippen molar-refractivity contribution in [3.8, 4) is 22.8 Å². The van der Waals surface area contributed by atoms with Gasteiger partial charge < -0.3 is 30.3 Å². The topological polar surface area (TPSA) is 214 Å². The number of allylic oxidation sites excluding steroid dienone is 2. The predicted octanol–water partition coefficient (Wildman–Crippen LogP) is 13.2. The van der Waals surface area contributed by atoms with Gasteiger partial charge in [0.15, 0.2) is 11.6 Å². The largest absolute Gasteiger partial charge is 0.481 e. The van der Waals surface area contributed by atoms with E-state index < -0.39 is 24.0 Å². The lowest BCUT2D eigenvalue weighted by Crippen LogP contribution is -2.49. The molecule has 3 N–H and O–H groups in total. The average Bonchev–Trinajstić information content (AvgIpc) is 3.42. The van der Waals surface area contributed by atoms with E-state index >= 15 is 0 Å². The fraction of sp³-hybridized carbons (Fsp3) is 0.486. The van der Waals surface area contributed by atoms with Gasteiger partial charge in [-0.1, -0.05) is 129 Å². The monoisotopic (exact) mass is 1310 g/mol. The molecule has 10 rings (SSSR count). The van der Waals surface area contributed by atoms with Gasteiger partial charge in [-0.3, -0.25) is 28.8 Å². The van der Waals surface area contributed by atoms with Crippen LogP contribution in [0, 0.1) is 29.6 Å². The highest BCUT2D eigenvalue weighted by Crippen LogP contribution is 2.42. The Morgan fingerprint density at radius 2 is 1.09 bits per heavy atom. The molecule has 5 atom stereocenters. The minimum Gasteiger partial charge on any atom is -0.481 e. The highest BCUT2D eigenvalue weighted by Gasteiger charge is 2.38. The molecule has 19 heteroatoms. The van der Waals surface area contributed by atoms with Crippen LogP contribution >= 0.6 is 38.6 Å². The number of carbonyl (C=O) groups excluding carboxylic acids is 5. The summed E-state index contributed by atoms with van der Waals surface area (Å²) in [7, 11) is 1.35. The molecule has 4 amide bonds. The van der Waals surface area contributed by atoms with Crippen LogP contribution in [0.4, 0.5) is 0 Å². The highest BCUT2D eigenvalue weighted by atomic mass is 79.9. The number of aromatic nitrogens is 4. The van der Waals surface area contributed by atoms with Crippen LogP contribution in [-0.2, 0) is 47.6 Å². The molecule has 4 aliphatic rings. The number of carboxylic acid groups (broad SMARTS) is 1. The Balaban J connectivity index is 0.000000221. The van der Waals surface area contributed by atoms with E-state index in [1.165, 1.54) is 80.3 Å². The number of carbonyl (C=O) groups is 6. The first-order valence-corrected chi connectivity index (χ1v) is 33.8.